The second-order valence-corrected chi connectivity index (χ2v) is 2.20. The Labute approximate surface area is 76.2 Å². The molecule has 4 nitrogen and oxygen atoms in total. The molecule has 0 aliphatic carbocycles. The summed E-state index contributed by atoms with van der Waals surface area (Å²) in [5, 5.41) is 15.6. The summed E-state index contributed by atoms with van der Waals surface area (Å²) in [7, 11) is 0. The summed E-state index contributed by atoms with van der Waals surface area (Å²) in [6, 6.07) is 8.93. The minimum absolute atomic E-state index is 0.617. The predicted octanol–water partition coefficient (Wildman–Crippen LogP) is 2.48. The maximum Gasteiger partial charge on any atom is 0.0991 e. The lowest BCUT2D eigenvalue weighted by atomic mass is 10.2. The van der Waals surface area contributed by atoms with Crippen LogP contribution in [0, 0.1) is 11.3 Å². The number of nitrogens with one attached hydrogen (secondary N) is 1. The first kappa shape index (κ1) is 8.94. The van der Waals surface area contributed by atoms with Crippen molar-refractivity contribution >= 4 is 5.69 Å². The third-order valence-corrected chi connectivity index (χ3v) is 1.33. The van der Waals surface area contributed by atoms with Crippen LogP contribution >= 0.6 is 0 Å². The maximum absolute atomic E-state index is 8.52. The minimum atomic E-state index is 0.617. The number of rotatable bonds is 3. The van der Waals surface area contributed by atoms with Crippen LogP contribution in [-0.2, 0) is 0 Å². The van der Waals surface area contributed by atoms with Gasteiger partial charge in [-0.1, -0.05) is 11.8 Å². The van der Waals surface area contributed by atoms with E-state index in [0.29, 0.717) is 5.56 Å². The molecule has 1 rings (SSSR count). The van der Waals surface area contributed by atoms with Gasteiger partial charge in [0.15, 0.2) is 0 Å². The van der Waals surface area contributed by atoms with E-state index in [-0.39, 0.29) is 0 Å². The Kier molecular flexibility index (Phi) is 3.21. The highest BCUT2D eigenvalue weighted by molar-refractivity contribution is 5.46. The van der Waals surface area contributed by atoms with Gasteiger partial charge in [-0.2, -0.15) is 5.26 Å². The summed E-state index contributed by atoms with van der Waals surface area (Å²) in [6.07, 6.45) is 1.33. The molecule has 13 heavy (non-hydrogen) atoms. The van der Waals surface area contributed by atoms with Crippen LogP contribution in [0.25, 0.3) is 0 Å². The molecule has 0 bridgehead atoms. The molecule has 0 aliphatic heterocycles. The highest BCUT2D eigenvalue weighted by atomic mass is 15.4. The van der Waals surface area contributed by atoms with Crippen LogP contribution < -0.4 is 5.43 Å². The predicted molar refractivity (Wildman–Crippen MR) is 49.8 cm³/mol. The molecule has 0 heterocycles. The SMILES string of the molecule is C=CN=NNc1ccc(C#N)cc1. The molecule has 0 radical (unpaired) electrons. The number of benzene rings is 1. The van der Waals surface area contributed by atoms with Gasteiger partial charge in [0.05, 0.1) is 17.3 Å². The quantitative estimate of drug-likeness (QED) is 0.562. The molecule has 0 amide bonds. The summed E-state index contributed by atoms with van der Waals surface area (Å²) >= 11 is 0. The van der Waals surface area contributed by atoms with Crippen LogP contribution in [0.1, 0.15) is 5.56 Å². The van der Waals surface area contributed by atoms with Crippen molar-refractivity contribution < 1.29 is 0 Å². The van der Waals surface area contributed by atoms with Crippen LogP contribution in [0.3, 0.4) is 0 Å². The van der Waals surface area contributed by atoms with E-state index in [4.69, 9.17) is 5.26 Å². The van der Waals surface area contributed by atoms with Crippen LogP contribution in [0.15, 0.2) is 47.4 Å². The fraction of sp³-hybridized carbons (Fsp3) is 0. The molecule has 0 saturated heterocycles. The molecule has 0 unspecified atom stereocenters. The van der Waals surface area contributed by atoms with Gasteiger partial charge in [-0.3, -0.25) is 5.43 Å². The molecule has 4 heteroatoms. The minimum Gasteiger partial charge on any atom is -0.260 e. The summed E-state index contributed by atoms with van der Waals surface area (Å²) in [4.78, 5) is 0. The van der Waals surface area contributed by atoms with Crippen molar-refractivity contribution in [1.82, 2.24) is 0 Å². The molecular formula is C9H8N4. The number of nitrogens with zero attached hydrogens (tertiary/aromatic N) is 3. The van der Waals surface area contributed by atoms with Crippen molar-refractivity contribution in [2.75, 3.05) is 5.43 Å². The highest BCUT2D eigenvalue weighted by Crippen LogP contribution is 2.08. The van der Waals surface area contributed by atoms with Crippen molar-refractivity contribution in [1.29, 1.82) is 5.26 Å². The van der Waals surface area contributed by atoms with Crippen molar-refractivity contribution in [2.24, 2.45) is 10.3 Å². The van der Waals surface area contributed by atoms with E-state index in [9.17, 15) is 0 Å². The third kappa shape index (κ3) is 2.75. The van der Waals surface area contributed by atoms with E-state index in [2.05, 4.69) is 22.3 Å². The lowest BCUT2D eigenvalue weighted by Crippen LogP contribution is -1.85. The normalized spacial score (nSPS) is 9.46. The summed E-state index contributed by atoms with van der Waals surface area (Å²) in [5.41, 5.74) is 4.07. The molecule has 0 atom stereocenters. The summed E-state index contributed by atoms with van der Waals surface area (Å²) in [5.74, 6) is 0. The van der Waals surface area contributed by atoms with E-state index in [1.54, 1.807) is 24.3 Å². The first-order chi connectivity index (χ1) is 6.36. The lowest BCUT2D eigenvalue weighted by Gasteiger charge is -1.96. The maximum atomic E-state index is 8.52. The van der Waals surface area contributed by atoms with Gasteiger partial charge in [0, 0.05) is 6.20 Å². The Bertz CT molecular complexity index is 345. The van der Waals surface area contributed by atoms with E-state index in [1.165, 1.54) is 6.20 Å². The molecule has 0 aliphatic rings. The van der Waals surface area contributed by atoms with Gasteiger partial charge in [0.25, 0.3) is 0 Å². The molecule has 0 spiro atoms. The molecule has 1 aromatic carbocycles. The van der Waals surface area contributed by atoms with Gasteiger partial charge in [-0.25, -0.2) is 0 Å². The van der Waals surface area contributed by atoms with Gasteiger partial charge >= 0.3 is 0 Å². The Morgan fingerprint density at radius 2 is 2.08 bits per heavy atom. The standard InChI is InChI=1S/C9H8N4/c1-2-11-13-12-9-5-3-8(7-10)4-6-9/h2-6H,1H2,(H,11,12). The van der Waals surface area contributed by atoms with Gasteiger partial charge in [-0.15, -0.1) is 5.11 Å². The van der Waals surface area contributed by atoms with Crippen molar-refractivity contribution in [3.8, 4) is 6.07 Å². The first-order valence-corrected chi connectivity index (χ1v) is 3.64. The summed E-state index contributed by atoms with van der Waals surface area (Å²) < 4.78 is 0. The number of anilines is 1. The van der Waals surface area contributed by atoms with Crippen molar-refractivity contribution in [3.63, 3.8) is 0 Å². The average Bonchev–Trinajstić information content (AvgIpc) is 2.19. The molecular weight excluding hydrogens is 164 g/mol. The molecule has 1 aromatic rings. The lowest BCUT2D eigenvalue weighted by molar-refractivity contribution is 1.13. The second-order valence-electron chi connectivity index (χ2n) is 2.20. The van der Waals surface area contributed by atoms with E-state index >= 15 is 0 Å². The van der Waals surface area contributed by atoms with E-state index < -0.39 is 0 Å². The number of hydrogen-bond acceptors (Lipinski definition) is 3. The fourth-order valence-electron chi connectivity index (χ4n) is 0.747. The van der Waals surface area contributed by atoms with Gasteiger partial charge < -0.3 is 0 Å². The third-order valence-electron chi connectivity index (χ3n) is 1.33. The van der Waals surface area contributed by atoms with Crippen LogP contribution in [0.2, 0.25) is 0 Å². The molecule has 0 saturated carbocycles. The van der Waals surface area contributed by atoms with Crippen LogP contribution in [0.4, 0.5) is 5.69 Å². The number of hydrogen-bond donors (Lipinski definition) is 1. The Hall–Kier alpha value is -2.15. The second kappa shape index (κ2) is 4.67. The highest BCUT2D eigenvalue weighted by Gasteiger charge is 1.90. The van der Waals surface area contributed by atoms with Gasteiger partial charge in [0.2, 0.25) is 0 Å². The zero-order valence-corrected chi connectivity index (χ0v) is 6.94. The fourth-order valence-corrected chi connectivity index (χ4v) is 0.747. The first-order valence-electron chi connectivity index (χ1n) is 3.64. The Balaban J connectivity index is 2.65. The van der Waals surface area contributed by atoms with Crippen molar-refractivity contribution in [2.45, 2.75) is 0 Å². The smallest absolute Gasteiger partial charge is 0.0991 e. The van der Waals surface area contributed by atoms with Crippen LogP contribution in [0.5, 0.6) is 0 Å². The average molecular weight is 172 g/mol. The Morgan fingerprint density at radius 1 is 1.38 bits per heavy atom. The molecule has 0 aromatic heterocycles. The molecule has 1 N–H and O–H groups in total. The van der Waals surface area contributed by atoms with Crippen molar-refractivity contribution in [3.05, 3.63) is 42.6 Å². The van der Waals surface area contributed by atoms with E-state index in [1.807, 2.05) is 6.07 Å². The zero-order valence-electron chi connectivity index (χ0n) is 6.94. The van der Waals surface area contributed by atoms with Crippen LogP contribution in [-0.4, -0.2) is 0 Å². The Morgan fingerprint density at radius 3 is 2.62 bits per heavy atom. The molecule has 64 valence electrons. The molecule has 0 fully saturated rings. The zero-order chi connectivity index (χ0) is 9.52. The topological polar surface area (TPSA) is 60.5 Å². The largest absolute Gasteiger partial charge is 0.260 e. The number of nitriles is 1. The van der Waals surface area contributed by atoms with E-state index in [0.717, 1.165) is 5.69 Å². The monoisotopic (exact) mass is 172 g/mol. The van der Waals surface area contributed by atoms with Gasteiger partial charge in [0.1, 0.15) is 0 Å². The van der Waals surface area contributed by atoms with Gasteiger partial charge in [-0.05, 0) is 24.3 Å². The summed E-state index contributed by atoms with van der Waals surface area (Å²) in [6.45, 7) is 3.38.